The number of tetrazole rings is 1. The molecule has 2 aromatic rings. The van der Waals surface area contributed by atoms with Gasteiger partial charge in [-0.25, -0.2) is 4.68 Å². The molecule has 0 aliphatic carbocycles. The number of hydrogen-bond acceptors (Lipinski definition) is 6. The maximum atomic E-state index is 4.12. The first-order chi connectivity index (χ1) is 9.88. The van der Waals surface area contributed by atoms with Crippen LogP contribution in [0.5, 0.6) is 0 Å². The van der Waals surface area contributed by atoms with Gasteiger partial charge in [-0.2, -0.15) is 0 Å². The number of fused-ring (bicyclic) bond motifs is 1. The summed E-state index contributed by atoms with van der Waals surface area (Å²) in [5.74, 6) is 2.78. The van der Waals surface area contributed by atoms with Crippen molar-refractivity contribution in [3.05, 3.63) is 29.8 Å². The summed E-state index contributed by atoms with van der Waals surface area (Å²) in [5.41, 5.74) is 1.47. The molecule has 1 atom stereocenters. The highest BCUT2D eigenvalue weighted by Gasteiger charge is 2.23. The fourth-order valence-corrected chi connectivity index (χ4v) is 4.62. The van der Waals surface area contributed by atoms with Crippen LogP contribution in [0, 0.1) is 0 Å². The fraction of sp³-hybridized carbons (Fsp3) is 0.462. The predicted octanol–water partition coefficient (Wildman–Crippen LogP) is 1.87. The molecule has 2 heterocycles. The monoisotopic (exact) mass is 307 g/mol. The van der Waals surface area contributed by atoms with Crippen LogP contribution in [0.1, 0.15) is 11.5 Å². The van der Waals surface area contributed by atoms with E-state index in [2.05, 4.69) is 45.1 Å². The lowest BCUT2D eigenvalue weighted by atomic mass is 10.0. The molecule has 0 bridgehead atoms. The van der Waals surface area contributed by atoms with Crippen LogP contribution in [-0.2, 0) is 6.54 Å². The average Bonchev–Trinajstić information content (AvgIpc) is 3.09. The Hall–Kier alpha value is -1.05. The van der Waals surface area contributed by atoms with Crippen LogP contribution in [0.25, 0.3) is 0 Å². The van der Waals surface area contributed by atoms with E-state index in [0.29, 0.717) is 5.92 Å². The van der Waals surface area contributed by atoms with E-state index in [0.717, 1.165) is 29.8 Å². The van der Waals surface area contributed by atoms with E-state index in [1.807, 2.05) is 23.5 Å². The lowest BCUT2D eigenvalue weighted by molar-refractivity contribution is 0.529. The summed E-state index contributed by atoms with van der Waals surface area (Å²) < 4.78 is 1.87. The van der Waals surface area contributed by atoms with Crippen molar-refractivity contribution < 1.29 is 0 Å². The van der Waals surface area contributed by atoms with Gasteiger partial charge >= 0.3 is 0 Å². The van der Waals surface area contributed by atoms with Gasteiger partial charge in [0, 0.05) is 28.9 Å². The first kappa shape index (κ1) is 13.9. The second-order valence-corrected chi connectivity index (χ2v) is 6.69. The van der Waals surface area contributed by atoms with Gasteiger partial charge in [-0.05, 0) is 29.1 Å². The highest BCUT2D eigenvalue weighted by molar-refractivity contribution is 8.00. The lowest BCUT2D eigenvalue weighted by Crippen LogP contribution is -2.16. The predicted molar refractivity (Wildman–Crippen MR) is 82.4 cm³/mol. The third-order valence-corrected chi connectivity index (χ3v) is 5.66. The van der Waals surface area contributed by atoms with Crippen LogP contribution < -0.4 is 5.32 Å². The molecule has 106 valence electrons. The molecular formula is C13H17N5S2. The maximum Gasteiger partial charge on any atom is 0.209 e. The Bertz CT molecular complexity index is 571. The third kappa shape index (κ3) is 2.99. The molecule has 7 heteroatoms. The van der Waals surface area contributed by atoms with E-state index >= 15 is 0 Å². The molecular weight excluding hydrogens is 290 g/mol. The van der Waals surface area contributed by atoms with Gasteiger partial charge in [-0.3, -0.25) is 0 Å². The molecule has 0 fully saturated rings. The van der Waals surface area contributed by atoms with E-state index in [1.165, 1.54) is 10.5 Å². The summed E-state index contributed by atoms with van der Waals surface area (Å²) in [6.07, 6.45) is 0. The van der Waals surface area contributed by atoms with Crippen molar-refractivity contribution in [1.82, 2.24) is 25.5 Å². The zero-order valence-electron chi connectivity index (χ0n) is 11.3. The molecule has 1 aromatic heterocycles. The largest absolute Gasteiger partial charge is 0.318 e. The average molecular weight is 307 g/mol. The Labute approximate surface area is 126 Å². The standard InChI is InChI=1S/C13H17N5S2/c1-14-6-7-18-13(15-16-17-18)20-9-10-8-19-12-5-3-2-4-11(10)12/h2-5,10,14H,6-9H2,1H3. The van der Waals surface area contributed by atoms with Crippen LogP contribution >= 0.6 is 23.5 Å². The van der Waals surface area contributed by atoms with E-state index in [1.54, 1.807) is 11.8 Å². The topological polar surface area (TPSA) is 55.6 Å². The van der Waals surface area contributed by atoms with Crippen molar-refractivity contribution in [2.75, 3.05) is 25.1 Å². The number of hydrogen-bond donors (Lipinski definition) is 1. The van der Waals surface area contributed by atoms with Crippen molar-refractivity contribution in [1.29, 1.82) is 0 Å². The molecule has 3 rings (SSSR count). The Morgan fingerprint density at radius 1 is 1.45 bits per heavy atom. The summed E-state index contributed by atoms with van der Waals surface area (Å²) in [5, 5.41) is 15.9. The first-order valence-corrected chi connectivity index (χ1v) is 8.61. The summed E-state index contributed by atoms with van der Waals surface area (Å²) in [6, 6.07) is 8.69. The van der Waals surface area contributed by atoms with Gasteiger partial charge in [0.05, 0.1) is 6.54 Å². The molecule has 1 aromatic carbocycles. The second-order valence-electron chi connectivity index (χ2n) is 4.64. The van der Waals surface area contributed by atoms with Crippen molar-refractivity contribution in [3.63, 3.8) is 0 Å². The molecule has 0 spiro atoms. The molecule has 1 N–H and O–H groups in total. The second kappa shape index (κ2) is 6.60. The van der Waals surface area contributed by atoms with Gasteiger partial charge in [0.1, 0.15) is 0 Å². The maximum absolute atomic E-state index is 4.12. The smallest absolute Gasteiger partial charge is 0.209 e. The van der Waals surface area contributed by atoms with E-state index in [4.69, 9.17) is 0 Å². The highest BCUT2D eigenvalue weighted by Crippen LogP contribution is 2.41. The van der Waals surface area contributed by atoms with E-state index in [-0.39, 0.29) is 0 Å². The molecule has 5 nitrogen and oxygen atoms in total. The summed E-state index contributed by atoms with van der Waals surface area (Å²) in [6.45, 7) is 1.68. The molecule has 1 unspecified atom stereocenters. The zero-order valence-corrected chi connectivity index (χ0v) is 13.0. The van der Waals surface area contributed by atoms with Gasteiger partial charge in [-0.1, -0.05) is 30.0 Å². The number of nitrogens with one attached hydrogen (secondary N) is 1. The minimum atomic E-state index is 0.593. The summed E-state index contributed by atoms with van der Waals surface area (Å²) >= 11 is 3.70. The number of rotatable bonds is 6. The van der Waals surface area contributed by atoms with Gasteiger partial charge in [0.2, 0.25) is 5.16 Å². The fourth-order valence-electron chi connectivity index (χ4n) is 2.20. The van der Waals surface area contributed by atoms with Crippen LogP contribution in [0.4, 0.5) is 0 Å². The first-order valence-electron chi connectivity index (χ1n) is 6.64. The van der Waals surface area contributed by atoms with Crippen LogP contribution in [0.3, 0.4) is 0 Å². The van der Waals surface area contributed by atoms with Crippen LogP contribution in [-0.4, -0.2) is 45.3 Å². The normalized spacial score (nSPS) is 17.4. The minimum Gasteiger partial charge on any atom is -0.318 e. The molecule has 0 amide bonds. The van der Waals surface area contributed by atoms with Crippen LogP contribution in [0.15, 0.2) is 34.3 Å². The molecule has 0 saturated heterocycles. The van der Waals surface area contributed by atoms with Crippen molar-refractivity contribution in [2.24, 2.45) is 0 Å². The van der Waals surface area contributed by atoms with Gasteiger partial charge in [-0.15, -0.1) is 16.9 Å². The molecule has 0 saturated carbocycles. The number of likely N-dealkylation sites (N-methyl/N-ethyl adjacent to an activating group) is 1. The summed E-state index contributed by atoms with van der Waals surface area (Å²) in [4.78, 5) is 1.42. The lowest BCUT2D eigenvalue weighted by Gasteiger charge is -2.09. The number of benzene rings is 1. The molecule has 1 aliphatic rings. The minimum absolute atomic E-state index is 0.593. The molecule has 0 radical (unpaired) electrons. The number of nitrogens with zero attached hydrogens (tertiary/aromatic N) is 4. The third-order valence-electron chi connectivity index (χ3n) is 3.29. The van der Waals surface area contributed by atoms with Gasteiger partial charge < -0.3 is 5.32 Å². The van der Waals surface area contributed by atoms with Gasteiger partial charge in [0.25, 0.3) is 0 Å². The summed E-state index contributed by atoms with van der Waals surface area (Å²) in [7, 11) is 1.93. The van der Waals surface area contributed by atoms with Crippen LogP contribution in [0.2, 0.25) is 0 Å². The van der Waals surface area contributed by atoms with Crippen molar-refractivity contribution in [2.45, 2.75) is 22.5 Å². The van der Waals surface area contributed by atoms with E-state index < -0.39 is 0 Å². The van der Waals surface area contributed by atoms with Crippen molar-refractivity contribution in [3.8, 4) is 0 Å². The number of aromatic nitrogens is 4. The Morgan fingerprint density at radius 2 is 2.35 bits per heavy atom. The Morgan fingerprint density at radius 3 is 3.25 bits per heavy atom. The quantitative estimate of drug-likeness (QED) is 0.822. The highest BCUT2D eigenvalue weighted by atomic mass is 32.2. The van der Waals surface area contributed by atoms with Gasteiger partial charge in [0.15, 0.2) is 0 Å². The molecule has 20 heavy (non-hydrogen) atoms. The Balaban J connectivity index is 1.62. The SMILES string of the molecule is CNCCn1nnnc1SCC1CSc2ccccc21. The van der Waals surface area contributed by atoms with E-state index in [9.17, 15) is 0 Å². The Kier molecular flexibility index (Phi) is 4.59. The zero-order chi connectivity index (χ0) is 13.8. The molecule has 1 aliphatic heterocycles. The van der Waals surface area contributed by atoms with Crippen molar-refractivity contribution >= 4 is 23.5 Å². The number of thioether (sulfide) groups is 2.